The molecule has 120 valence electrons. The Labute approximate surface area is 120 Å². The lowest BCUT2D eigenvalue weighted by molar-refractivity contribution is -0.113. The molecule has 0 aliphatic heterocycles. The molecular formula is C8H16F3N2O4PS2. The summed E-state index contributed by atoms with van der Waals surface area (Å²) in [7, 11) is -4.26. The first-order valence-corrected chi connectivity index (χ1v) is 9.91. The maximum Gasteiger partial charge on any atom is 0.512 e. The molecule has 0 aliphatic rings. The lowest BCUT2D eigenvalue weighted by atomic mass is 10.4. The van der Waals surface area contributed by atoms with Crippen molar-refractivity contribution < 1.29 is 30.9 Å². The number of hydrogen-bond acceptors (Lipinski definition) is 5. The number of carbonyl (C=O) groups excluding carboxylic acids is 1. The van der Waals surface area contributed by atoms with Crippen LogP contribution in [0.1, 0.15) is 20.3 Å². The van der Waals surface area contributed by atoms with E-state index in [-0.39, 0.29) is 10.5 Å². The van der Waals surface area contributed by atoms with Crippen molar-refractivity contribution in [3.63, 3.8) is 0 Å². The van der Waals surface area contributed by atoms with Gasteiger partial charge in [0.2, 0.25) is 6.41 Å². The number of carbonyl (C=O) groups is 1. The van der Waals surface area contributed by atoms with Gasteiger partial charge in [-0.1, -0.05) is 25.2 Å². The Morgan fingerprint density at radius 3 is 2.10 bits per heavy atom. The second-order valence-electron chi connectivity index (χ2n) is 3.88. The molecule has 0 heterocycles. The van der Waals surface area contributed by atoms with Crippen LogP contribution in [0, 0.1) is 0 Å². The van der Waals surface area contributed by atoms with Crippen molar-refractivity contribution in [3.05, 3.63) is 0 Å². The molecular weight excluding hydrogens is 340 g/mol. The van der Waals surface area contributed by atoms with E-state index in [1.165, 1.54) is 0 Å². The number of halogens is 3. The first-order chi connectivity index (χ1) is 8.84. The van der Waals surface area contributed by atoms with Crippen LogP contribution in [0.3, 0.4) is 0 Å². The highest BCUT2D eigenvalue weighted by molar-refractivity contribution is 8.58. The van der Waals surface area contributed by atoms with Crippen LogP contribution in [0.15, 0.2) is 0 Å². The predicted molar refractivity (Wildman–Crippen MR) is 71.5 cm³/mol. The molecule has 0 aromatic rings. The summed E-state index contributed by atoms with van der Waals surface area (Å²) < 4.78 is 73.1. The van der Waals surface area contributed by atoms with Gasteiger partial charge in [0, 0.05) is 19.3 Å². The first-order valence-electron chi connectivity index (χ1n) is 5.37. The van der Waals surface area contributed by atoms with Crippen molar-refractivity contribution in [2.24, 2.45) is 0 Å². The highest BCUT2D eigenvalue weighted by atomic mass is 32.7. The molecule has 0 saturated heterocycles. The van der Waals surface area contributed by atoms with Gasteiger partial charge in [-0.3, -0.25) is 14.0 Å². The molecule has 0 fully saturated rings. The molecule has 20 heavy (non-hydrogen) atoms. The Bertz CT molecular complexity index is 496. The first kappa shape index (κ1) is 19.8. The fourth-order valence-electron chi connectivity index (χ4n) is 0.994. The smallest absolute Gasteiger partial charge is 0.278 e. The van der Waals surface area contributed by atoms with Crippen molar-refractivity contribution >= 4 is 34.5 Å². The molecule has 0 bridgehead atoms. The fraction of sp³-hybridized carbons (Fsp3) is 0.875. The van der Waals surface area contributed by atoms with Crippen LogP contribution in [0.2, 0.25) is 0 Å². The van der Waals surface area contributed by atoms with Crippen LogP contribution in [0.5, 0.6) is 0 Å². The molecule has 0 aromatic heterocycles. The van der Waals surface area contributed by atoms with E-state index in [2.05, 4.69) is 0 Å². The second-order valence-corrected chi connectivity index (χ2v) is 11.4. The van der Waals surface area contributed by atoms with Gasteiger partial charge in [-0.15, -0.1) is 4.08 Å². The standard InChI is InChI=1S/C8H16F3N2O4PS2/c1-5-7(2)19-18(15,12(3)6-14)13(4)20(16,17)8(9,10)11/h6-7H,5H2,1-4H3. The van der Waals surface area contributed by atoms with Crippen molar-refractivity contribution in [1.29, 1.82) is 0 Å². The highest BCUT2D eigenvalue weighted by Gasteiger charge is 2.55. The van der Waals surface area contributed by atoms with E-state index in [0.717, 1.165) is 7.05 Å². The van der Waals surface area contributed by atoms with Crippen molar-refractivity contribution in [2.75, 3.05) is 14.1 Å². The van der Waals surface area contributed by atoms with E-state index < -0.39 is 27.4 Å². The fourth-order valence-corrected chi connectivity index (χ4v) is 8.37. The summed E-state index contributed by atoms with van der Waals surface area (Å²) in [6.45, 7) is -1.02. The van der Waals surface area contributed by atoms with Crippen LogP contribution in [0.4, 0.5) is 13.2 Å². The lowest BCUT2D eigenvalue weighted by Gasteiger charge is -2.33. The third-order valence-electron chi connectivity index (χ3n) is 2.44. The van der Waals surface area contributed by atoms with Crippen LogP contribution >= 0.6 is 18.0 Å². The van der Waals surface area contributed by atoms with Crippen LogP contribution in [-0.2, 0) is 19.4 Å². The van der Waals surface area contributed by atoms with Gasteiger partial charge in [-0.05, 0) is 6.42 Å². The molecule has 6 nitrogen and oxygen atoms in total. The summed E-state index contributed by atoms with van der Waals surface area (Å²) in [6.07, 6.45) is 0.486. The highest BCUT2D eigenvalue weighted by Crippen LogP contribution is 2.66. The summed E-state index contributed by atoms with van der Waals surface area (Å²) in [6, 6.07) is 0. The minimum Gasteiger partial charge on any atom is -0.278 e. The SMILES string of the molecule is CCC(C)SP(=O)(N(C)C=O)N(C)S(=O)(=O)C(F)(F)F. The van der Waals surface area contributed by atoms with E-state index in [4.69, 9.17) is 0 Å². The van der Waals surface area contributed by atoms with Gasteiger partial charge in [-0.25, -0.2) is 8.42 Å². The number of alkyl halides is 3. The minimum absolute atomic E-state index is 0.0402. The van der Waals surface area contributed by atoms with E-state index >= 15 is 0 Å². The lowest BCUT2D eigenvalue weighted by Crippen LogP contribution is -2.38. The van der Waals surface area contributed by atoms with Gasteiger partial charge in [0.25, 0.3) is 0 Å². The van der Waals surface area contributed by atoms with Crippen molar-refractivity contribution in [2.45, 2.75) is 31.0 Å². The molecule has 12 heteroatoms. The second kappa shape index (κ2) is 6.67. The number of hydrogen-bond donors (Lipinski definition) is 0. The van der Waals surface area contributed by atoms with Crippen LogP contribution < -0.4 is 0 Å². The Hall–Kier alpha value is -0.250. The molecule has 0 rings (SSSR count). The van der Waals surface area contributed by atoms with Gasteiger partial charge >= 0.3 is 22.2 Å². The molecule has 0 radical (unpaired) electrons. The Morgan fingerprint density at radius 2 is 1.80 bits per heavy atom. The summed E-state index contributed by atoms with van der Waals surface area (Å²) in [5, 5.41) is -0.394. The molecule has 2 unspecified atom stereocenters. The molecule has 1 amide bonds. The minimum atomic E-state index is -5.79. The molecule has 0 spiro atoms. The zero-order valence-electron chi connectivity index (χ0n) is 11.3. The van der Waals surface area contributed by atoms with Crippen LogP contribution in [-0.4, -0.2) is 48.4 Å². The summed E-state index contributed by atoms with van der Waals surface area (Å²) in [5.74, 6) is 0. The van der Waals surface area contributed by atoms with Gasteiger partial charge in [0.15, 0.2) is 0 Å². The average Bonchev–Trinajstić information content (AvgIpc) is 2.34. The van der Waals surface area contributed by atoms with E-state index in [1.807, 2.05) is 0 Å². The number of sulfonamides is 1. The molecule has 2 atom stereocenters. The van der Waals surface area contributed by atoms with E-state index in [9.17, 15) is 30.9 Å². The third-order valence-corrected chi connectivity index (χ3v) is 11.3. The van der Waals surface area contributed by atoms with Gasteiger partial charge < -0.3 is 0 Å². The zero-order chi connectivity index (χ0) is 16.4. The summed E-state index contributed by atoms with van der Waals surface area (Å²) in [4.78, 5) is 10.7. The number of rotatable bonds is 7. The zero-order valence-corrected chi connectivity index (χ0v) is 13.8. The summed E-state index contributed by atoms with van der Waals surface area (Å²) >= 11 is 0.528. The normalized spacial score (nSPS) is 17.6. The molecule has 0 aliphatic carbocycles. The quantitative estimate of drug-likeness (QED) is 0.518. The summed E-state index contributed by atoms with van der Waals surface area (Å²) in [5.41, 5.74) is -5.59. The monoisotopic (exact) mass is 356 g/mol. The molecule has 0 N–H and O–H groups in total. The Kier molecular flexibility index (Phi) is 6.59. The molecule has 0 saturated carbocycles. The van der Waals surface area contributed by atoms with Crippen molar-refractivity contribution in [1.82, 2.24) is 8.75 Å². The largest absolute Gasteiger partial charge is 0.512 e. The van der Waals surface area contributed by atoms with E-state index in [1.54, 1.807) is 13.8 Å². The van der Waals surface area contributed by atoms with Gasteiger partial charge in [-0.2, -0.15) is 13.2 Å². The van der Waals surface area contributed by atoms with Crippen molar-refractivity contribution in [3.8, 4) is 0 Å². The maximum atomic E-state index is 12.6. The predicted octanol–water partition coefficient (Wildman–Crippen LogP) is 2.50. The topological polar surface area (TPSA) is 74.8 Å². The van der Waals surface area contributed by atoms with Gasteiger partial charge in [0.1, 0.15) is 0 Å². The Balaban J connectivity index is 5.80. The number of amides is 1. The molecule has 0 aromatic carbocycles. The average molecular weight is 356 g/mol. The Morgan fingerprint density at radius 1 is 1.35 bits per heavy atom. The van der Waals surface area contributed by atoms with E-state index in [0.29, 0.717) is 29.5 Å². The number of nitrogens with zero attached hydrogens (tertiary/aromatic N) is 2. The van der Waals surface area contributed by atoms with Gasteiger partial charge in [0.05, 0.1) is 0 Å². The third kappa shape index (κ3) is 3.90. The maximum absolute atomic E-state index is 12.6. The van der Waals surface area contributed by atoms with Crippen LogP contribution in [0.25, 0.3) is 0 Å².